The molecule has 1 aliphatic rings. The Kier molecular flexibility index (Phi) is 5.21. The SMILES string of the molecule is NCCCN(Cc1ccccc1)C(=O)N1CCCC1. The summed E-state index contributed by atoms with van der Waals surface area (Å²) in [6.07, 6.45) is 3.11. The van der Waals surface area contributed by atoms with Crippen molar-refractivity contribution in [3.8, 4) is 0 Å². The lowest BCUT2D eigenvalue weighted by atomic mass is 10.2. The van der Waals surface area contributed by atoms with E-state index >= 15 is 0 Å². The highest BCUT2D eigenvalue weighted by Gasteiger charge is 2.23. The second-order valence-electron chi connectivity index (χ2n) is 5.03. The van der Waals surface area contributed by atoms with Gasteiger partial charge in [0.15, 0.2) is 0 Å². The van der Waals surface area contributed by atoms with E-state index in [1.807, 2.05) is 28.0 Å². The molecule has 0 bridgehead atoms. The quantitative estimate of drug-likeness (QED) is 0.882. The maximum atomic E-state index is 12.5. The second-order valence-corrected chi connectivity index (χ2v) is 5.03. The van der Waals surface area contributed by atoms with Gasteiger partial charge in [0.1, 0.15) is 0 Å². The minimum atomic E-state index is 0.162. The summed E-state index contributed by atoms with van der Waals surface area (Å²) in [7, 11) is 0. The van der Waals surface area contributed by atoms with Gasteiger partial charge in [0.2, 0.25) is 0 Å². The smallest absolute Gasteiger partial charge is 0.320 e. The van der Waals surface area contributed by atoms with Crippen LogP contribution in [0.4, 0.5) is 4.79 Å². The summed E-state index contributed by atoms with van der Waals surface area (Å²) in [5.41, 5.74) is 6.75. The fourth-order valence-corrected chi connectivity index (χ4v) is 2.44. The molecule has 1 aliphatic heterocycles. The predicted molar refractivity (Wildman–Crippen MR) is 76.7 cm³/mol. The average Bonchev–Trinajstić information content (AvgIpc) is 2.98. The first-order valence-electron chi connectivity index (χ1n) is 7.09. The third-order valence-corrected chi connectivity index (χ3v) is 3.50. The predicted octanol–water partition coefficient (Wildman–Crippen LogP) is 2.05. The van der Waals surface area contributed by atoms with Gasteiger partial charge >= 0.3 is 6.03 Å². The van der Waals surface area contributed by atoms with Gasteiger partial charge in [-0.2, -0.15) is 0 Å². The molecule has 0 aliphatic carbocycles. The first-order valence-corrected chi connectivity index (χ1v) is 7.09. The van der Waals surface area contributed by atoms with E-state index in [9.17, 15) is 4.79 Å². The summed E-state index contributed by atoms with van der Waals surface area (Å²) in [6.45, 7) is 3.83. The summed E-state index contributed by atoms with van der Waals surface area (Å²) in [5, 5.41) is 0. The third kappa shape index (κ3) is 3.96. The maximum absolute atomic E-state index is 12.5. The highest BCUT2D eigenvalue weighted by Crippen LogP contribution is 2.13. The van der Waals surface area contributed by atoms with E-state index in [1.165, 1.54) is 5.56 Å². The Bertz CT molecular complexity index is 388. The standard InChI is InChI=1S/C15H23N3O/c16-9-6-12-18(13-14-7-2-1-3-8-14)15(19)17-10-4-5-11-17/h1-3,7-8H,4-6,9-13,16H2. The zero-order valence-corrected chi connectivity index (χ0v) is 11.4. The van der Waals surface area contributed by atoms with Crippen molar-refractivity contribution in [2.24, 2.45) is 5.73 Å². The van der Waals surface area contributed by atoms with Crippen LogP contribution in [0.25, 0.3) is 0 Å². The number of likely N-dealkylation sites (tertiary alicyclic amines) is 1. The molecule has 0 radical (unpaired) electrons. The van der Waals surface area contributed by atoms with Gasteiger partial charge in [-0.25, -0.2) is 4.79 Å². The van der Waals surface area contributed by atoms with Gasteiger partial charge in [0.05, 0.1) is 0 Å². The molecule has 104 valence electrons. The van der Waals surface area contributed by atoms with Crippen molar-refractivity contribution in [1.29, 1.82) is 0 Å². The van der Waals surface area contributed by atoms with Gasteiger partial charge in [0.25, 0.3) is 0 Å². The topological polar surface area (TPSA) is 49.6 Å². The number of nitrogens with zero attached hydrogens (tertiary/aromatic N) is 2. The molecule has 4 nitrogen and oxygen atoms in total. The van der Waals surface area contributed by atoms with E-state index in [-0.39, 0.29) is 6.03 Å². The molecular weight excluding hydrogens is 238 g/mol. The van der Waals surface area contributed by atoms with Gasteiger partial charge in [0, 0.05) is 26.2 Å². The van der Waals surface area contributed by atoms with Crippen LogP contribution in [-0.4, -0.2) is 42.0 Å². The van der Waals surface area contributed by atoms with Crippen LogP contribution >= 0.6 is 0 Å². The minimum absolute atomic E-state index is 0.162. The molecule has 2 amide bonds. The molecule has 0 atom stereocenters. The molecule has 19 heavy (non-hydrogen) atoms. The number of amides is 2. The van der Waals surface area contributed by atoms with Crippen molar-refractivity contribution in [3.63, 3.8) is 0 Å². The van der Waals surface area contributed by atoms with E-state index < -0.39 is 0 Å². The molecule has 0 spiro atoms. The highest BCUT2D eigenvalue weighted by molar-refractivity contribution is 5.74. The number of benzene rings is 1. The van der Waals surface area contributed by atoms with Crippen LogP contribution < -0.4 is 5.73 Å². The van der Waals surface area contributed by atoms with E-state index in [4.69, 9.17) is 5.73 Å². The molecule has 0 aromatic heterocycles. The van der Waals surface area contributed by atoms with Gasteiger partial charge in [-0.15, -0.1) is 0 Å². The van der Waals surface area contributed by atoms with Crippen LogP contribution in [0, 0.1) is 0 Å². The third-order valence-electron chi connectivity index (χ3n) is 3.50. The summed E-state index contributed by atoms with van der Waals surface area (Å²) in [6, 6.07) is 10.3. The Labute approximate surface area is 115 Å². The van der Waals surface area contributed by atoms with Crippen molar-refractivity contribution in [1.82, 2.24) is 9.80 Å². The van der Waals surface area contributed by atoms with Crippen LogP contribution in [-0.2, 0) is 6.54 Å². The molecule has 1 saturated heterocycles. The molecule has 2 rings (SSSR count). The maximum Gasteiger partial charge on any atom is 0.320 e. The monoisotopic (exact) mass is 261 g/mol. The first-order chi connectivity index (χ1) is 9.31. The normalized spacial score (nSPS) is 14.7. The molecule has 0 saturated carbocycles. The Hall–Kier alpha value is -1.55. The van der Waals surface area contributed by atoms with Crippen molar-refractivity contribution >= 4 is 6.03 Å². The molecule has 1 heterocycles. The Morgan fingerprint density at radius 2 is 1.89 bits per heavy atom. The molecule has 4 heteroatoms. The molecule has 1 fully saturated rings. The van der Waals surface area contributed by atoms with Crippen molar-refractivity contribution in [3.05, 3.63) is 35.9 Å². The van der Waals surface area contributed by atoms with Crippen molar-refractivity contribution < 1.29 is 4.79 Å². The van der Waals surface area contributed by atoms with E-state index in [2.05, 4.69) is 12.1 Å². The zero-order chi connectivity index (χ0) is 13.5. The minimum Gasteiger partial charge on any atom is -0.330 e. The fourth-order valence-electron chi connectivity index (χ4n) is 2.44. The van der Waals surface area contributed by atoms with Gasteiger partial charge in [-0.3, -0.25) is 0 Å². The van der Waals surface area contributed by atoms with Crippen LogP contribution in [0.1, 0.15) is 24.8 Å². The molecule has 1 aromatic rings. The number of hydrogen-bond donors (Lipinski definition) is 1. The second kappa shape index (κ2) is 7.14. The van der Waals surface area contributed by atoms with Gasteiger partial charge in [-0.1, -0.05) is 30.3 Å². The number of nitrogens with two attached hydrogens (primary N) is 1. The summed E-state index contributed by atoms with van der Waals surface area (Å²) in [4.78, 5) is 16.3. The molecule has 1 aromatic carbocycles. The van der Waals surface area contributed by atoms with Crippen molar-refractivity contribution in [2.75, 3.05) is 26.2 Å². The Morgan fingerprint density at radius 1 is 1.21 bits per heavy atom. The lowest BCUT2D eigenvalue weighted by Gasteiger charge is -2.28. The molecule has 0 unspecified atom stereocenters. The van der Waals surface area contributed by atoms with Gasteiger partial charge < -0.3 is 15.5 Å². The average molecular weight is 261 g/mol. The van der Waals surface area contributed by atoms with Crippen molar-refractivity contribution in [2.45, 2.75) is 25.8 Å². The van der Waals surface area contributed by atoms with Crippen LogP contribution in [0.2, 0.25) is 0 Å². The van der Waals surface area contributed by atoms with Crippen LogP contribution in [0.15, 0.2) is 30.3 Å². The first kappa shape index (κ1) is 13.9. The fraction of sp³-hybridized carbons (Fsp3) is 0.533. The summed E-state index contributed by atoms with van der Waals surface area (Å²) < 4.78 is 0. The Balaban J connectivity index is 2.00. The summed E-state index contributed by atoms with van der Waals surface area (Å²) >= 11 is 0. The number of hydrogen-bond acceptors (Lipinski definition) is 2. The van der Waals surface area contributed by atoms with E-state index in [0.717, 1.165) is 38.9 Å². The largest absolute Gasteiger partial charge is 0.330 e. The molecule has 2 N–H and O–H groups in total. The summed E-state index contributed by atoms with van der Waals surface area (Å²) in [5.74, 6) is 0. The lowest BCUT2D eigenvalue weighted by Crippen LogP contribution is -2.42. The zero-order valence-electron chi connectivity index (χ0n) is 11.4. The lowest BCUT2D eigenvalue weighted by molar-refractivity contribution is 0.159. The number of carbonyl (C=O) groups excluding carboxylic acids is 1. The number of carbonyl (C=O) groups is 1. The van der Waals surface area contributed by atoms with E-state index in [0.29, 0.717) is 13.1 Å². The molecular formula is C15H23N3O. The number of rotatable bonds is 5. The van der Waals surface area contributed by atoms with Crippen LogP contribution in [0.3, 0.4) is 0 Å². The number of urea groups is 1. The Morgan fingerprint density at radius 3 is 2.53 bits per heavy atom. The van der Waals surface area contributed by atoms with E-state index in [1.54, 1.807) is 0 Å². The highest BCUT2D eigenvalue weighted by atomic mass is 16.2. The van der Waals surface area contributed by atoms with Crippen LogP contribution in [0.5, 0.6) is 0 Å². The van der Waals surface area contributed by atoms with Gasteiger partial charge in [-0.05, 0) is 31.4 Å².